The van der Waals surface area contributed by atoms with Gasteiger partial charge < -0.3 is 43.8 Å². The predicted octanol–water partition coefficient (Wildman–Crippen LogP) is -3.65. The van der Waals surface area contributed by atoms with Gasteiger partial charge >= 0.3 is 0 Å². The van der Waals surface area contributed by atoms with E-state index in [2.05, 4.69) is 27.9 Å². The molecule has 0 aliphatic carbocycles. The SMILES string of the molecule is CCCCCCC.C[NH+]1CCCCC1.C[NH+]1CCCCC1.[Br-].[Br-]. The van der Waals surface area contributed by atoms with Crippen LogP contribution in [0, 0.1) is 0 Å². The molecule has 0 spiro atoms. The van der Waals surface area contributed by atoms with E-state index in [9.17, 15) is 0 Å². The Bertz CT molecular complexity index is 172. The molecule has 0 bridgehead atoms. The molecule has 0 saturated carbocycles. The molecule has 2 saturated heterocycles. The molecule has 0 aromatic carbocycles. The zero-order valence-electron chi connectivity index (χ0n) is 16.4. The minimum Gasteiger partial charge on any atom is -1.00 e. The number of hydrogen-bond donors (Lipinski definition) is 2. The third-order valence-electron chi connectivity index (χ3n) is 4.62. The smallest absolute Gasteiger partial charge is 0.0768 e. The molecule has 2 aliphatic rings. The molecular formula is C19H44Br2N2. The fraction of sp³-hybridized carbons (Fsp3) is 1.00. The average molecular weight is 460 g/mol. The van der Waals surface area contributed by atoms with Gasteiger partial charge in [0, 0.05) is 0 Å². The molecule has 2 N–H and O–H groups in total. The van der Waals surface area contributed by atoms with Crippen LogP contribution in [0.3, 0.4) is 0 Å². The monoisotopic (exact) mass is 458 g/mol. The van der Waals surface area contributed by atoms with Crippen LogP contribution in [0.15, 0.2) is 0 Å². The van der Waals surface area contributed by atoms with Crippen molar-refractivity contribution in [1.82, 2.24) is 0 Å². The van der Waals surface area contributed by atoms with E-state index < -0.39 is 0 Å². The van der Waals surface area contributed by atoms with E-state index in [1.165, 1.54) is 96.8 Å². The summed E-state index contributed by atoms with van der Waals surface area (Å²) in [6.45, 7) is 10.1. The van der Waals surface area contributed by atoms with Gasteiger partial charge in [-0.25, -0.2) is 0 Å². The topological polar surface area (TPSA) is 8.88 Å². The van der Waals surface area contributed by atoms with E-state index in [1.807, 2.05) is 0 Å². The van der Waals surface area contributed by atoms with Crippen LogP contribution in [0.4, 0.5) is 0 Å². The maximum absolute atomic E-state index is 2.28. The number of nitrogens with one attached hydrogen (secondary N) is 2. The van der Waals surface area contributed by atoms with Crippen molar-refractivity contribution in [3.8, 4) is 0 Å². The van der Waals surface area contributed by atoms with Gasteiger partial charge in [0.15, 0.2) is 0 Å². The van der Waals surface area contributed by atoms with Crippen LogP contribution in [0.2, 0.25) is 0 Å². The van der Waals surface area contributed by atoms with E-state index in [0.717, 1.165) is 0 Å². The fourth-order valence-corrected chi connectivity index (χ4v) is 2.99. The van der Waals surface area contributed by atoms with E-state index >= 15 is 0 Å². The van der Waals surface area contributed by atoms with Gasteiger partial charge in [0.05, 0.1) is 40.3 Å². The highest BCUT2D eigenvalue weighted by molar-refractivity contribution is 4.43. The van der Waals surface area contributed by atoms with Crippen LogP contribution in [-0.2, 0) is 0 Å². The highest BCUT2D eigenvalue weighted by Gasteiger charge is 2.06. The van der Waals surface area contributed by atoms with Crippen molar-refractivity contribution >= 4 is 0 Å². The lowest BCUT2D eigenvalue weighted by Gasteiger charge is -2.17. The van der Waals surface area contributed by atoms with Crippen LogP contribution < -0.4 is 43.8 Å². The molecule has 2 rings (SSSR count). The molecule has 2 fully saturated rings. The molecule has 0 amide bonds. The van der Waals surface area contributed by atoms with Crippen molar-refractivity contribution in [2.24, 2.45) is 0 Å². The van der Waals surface area contributed by atoms with Gasteiger partial charge in [0.25, 0.3) is 0 Å². The van der Waals surface area contributed by atoms with Crippen molar-refractivity contribution in [3.63, 3.8) is 0 Å². The Labute approximate surface area is 168 Å². The molecule has 144 valence electrons. The highest BCUT2D eigenvalue weighted by Crippen LogP contribution is 2.00. The normalized spacial score (nSPS) is 18.3. The van der Waals surface area contributed by atoms with Crippen LogP contribution >= 0.6 is 0 Å². The Balaban J connectivity index is -0.000000250. The molecule has 2 heterocycles. The van der Waals surface area contributed by atoms with Crippen molar-refractivity contribution in [2.75, 3.05) is 40.3 Å². The quantitative estimate of drug-likeness (QED) is 0.401. The Morgan fingerprint density at radius 1 is 0.522 bits per heavy atom. The lowest BCUT2D eigenvalue weighted by atomic mass is 10.1. The second-order valence-electron chi connectivity index (χ2n) is 7.10. The van der Waals surface area contributed by atoms with Crippen molar-refractivity contribution in [3.05, 3.63) is 0 Å². The van der Waals surface area contributed by atoms with Gasteiger partial charge in [-0.15, -0.1) is 0 Å². The summed E-state index contributed by atoms with van der Waals surface area (Å²) in [6.07, 6.45) is 15.7. The molecule has 0 aromatic heterocycles. The van der Waals surface area contributed by atoms with Crippen molar-refractivity contribution in [2.45, 2.75) is 84.5 Å². The summed E-state index contributed by atoms with van der Waals surface area (Å²) in [5.74, 6) is 0. The zero-order chi connectivity index (χ0) is 15.8. The van der Waals surface area contributed by atoms with Gasteiger partial charge in [0.1, 0.15) is 0 Å². The maximum Gasteiger partial charge on any atom is 0.0768 e. The van der Waals surface area contributed by atoms with Gasteiger partial charge in [-0.1, -0.05) is 46.0 Å². The summed E-state index contributed by atoms with van der Waals surface area (Å²) in [5.41, 5.74) is 0. The van der Waals surface area contributed by atoms with E-state index in [1.54, 1.807) is 9.80 Å². The van der Waals surface area contributed by atoms with Gasteiger partial charge in [-0.2, -0.15) is 0 Å². The third kappa shape index (κ3) is 22.9. The first-order chi connectivity index (χ1) is 10.2. The van der Waals surface area contributed by atoms with Crippen molar-refractivity contribution < 1.29 is 43.8 Å². The molecular weight excluding hydrogens is 416 g/mol. The number of hydrogen-bond acceptors (Lipinski definition) is 0. The minimum absolute atomic E-state index is 0. The van der Waals surface area contributed by atoms with Crippen LogP contribution in [-0.4, -0.2) is 40.3 Å². The number of piperidine rings is 2. The molecule has 0 atom stereocenters. The predicted molar refractivity (Wildman–Crippen MR) is 95.4 cm³/mol. The van der Waals surface area contributed by atoms with Gasteiger partial charge in [0.2, 0.25) is 0 Å². The summed E-state index contributed by atoms with van der Waals surface area (Å²) in [5, 5.41) is 0. The zero-order valence-corrected chi connectivity index (χ0v) is 19.5. The first-order valence-corrected chi connectivity index (χ1v) is 9.83. The fourth-order valence-electron chi connectivity index (χ4n) is 2.99. The second kappa shape index (κ2) is 22.9. The number of likely N-dealkylation sites (tertiary alicyclic amines) is 2. The first kappa shape index (κ1) is 28.7. The summed E-state index contributed by atoms with van der Waals surface area (Å²) < 4.78 is 0. The average Bonchev–Trinajstić information content (AvgIpc) is 2.51. The van der Waals surface area contributed by atoms with Gasteiger partial charge in [-0.05, 0) is 38.5 Å². The largest absolute Gasteiger partial charge is 1.00 e. The van der Waals surface area contributed by atoms with E-state index in [-0.39, 0.29) is 34.0 Å². The first-order valence-electron chi connectivity index (χ1n) is 9.83. The summed E-state index contributed by atoms with van der Waals surface area (Å²) in [4.78, 5) is 3.43. The molecule has 0 radical (unpaired) electrons. The highest BCUT2D eigenvalue weighted by atomic mass is 79.9. The Morgan fingerprint density at radius 2 is 0.826 bits per heavy atom. The lowest BCUT2D eigenvalue weighted by Crippen LogP contribution is -3.09. The van der Waals surface area contributed by atoms with Crippen LogP contribution in [0.5, 0.6) is 0 Å². The van der Waals surface area contributed by atoms with E-state index in [4.69, 9.17) is 0 Å². The third-order valence-corrected chi connectivity index (χ3v) is 4.62. The number of halogens is 2. The summed E-state index contributed by atoms with van der Waals surface area (Å²) >= 11 is 0. The van der Waals surface area contributed by atoms with E-state index in [0.29, 0.717) is 0 Å². The molecule has 4 heteroatoms. The minimum atomic E-state index is 0. The maximum atomic E-state index is 2.28. The second-order valence-corrected chi connectivity index (χ2v) is 7.10. The Kier molecular flexibility index (Phi) is 28.5. The van der Waals surface area contributed by atoms with Crippen LogP contribution in [0.1, 0.15) is 84.5 Å². The summed E-state index contributed by atoms with van der Waals surface area (Å²) in [6, 6.07) is 0. The number of rotatable bonds is 4. The molecule has 23 heavy (non-hydrogen) atoms. The lowest BCUT2D eigenvalue weighted by molar-refractivity contribution is -0.884. The molecule has 0 aromatic rings. The van der Waals surface area contributed by atoms with Gasteiger partial charge in [-0.3, -0.25) is 0 Å². The summed E-state index contributed by atoms with van der Waals surface area (Å²) in [7, 11) is 4.55. The number of unbranched alkanes of at least 4 members (excludes halogenated alkanes) is 4. The Hall–Kier alpha value is 0.880. The van der Waals surface area contributed by atoms with Crippen molar-refractivity contribution in [1.29, 1.82) is 0 Å². The number of quaternary nitrogens is 2. The Morgan fingerprint density at radius 3 is 1.00 bits per heavy atom. The molecule has 0 unspecified atom stereocenters. The molecule has 2 nitrogen and oxygen atoms in total. The standard InChI is InChI=1S/C7H16.2C6H13N.2BrH/c1-3-5-7-6-4-2;2*1-7-5-3-2-4-6-7;;/h3-7H2,1-2H3;2*2-6H2,1H3;2*1H. The van der Waals surface area contributed by atoms with Crippen LogP contribution in [0.25, 0.3) is 0 Å². The molecule has 2 aliphatic heterocycles.